The van der Waals surface area contributed by atoms with Crippen LogP contribution < -0.4 is 5.32 Å². The maximum atomic E-state index is 13.3. The fourth-order valence-electron chi connectivity index (χ4n) is 1.50. The molecule has 0 unspecified atom stereocenters. The molecule has 0 saturated carbocycles. The van der Waals surface area contributed by atoms with Crippen LogP contribution >= 0.6 is 15.9 Å². The lowest BCUT2D eigenvalue weighted by Crippen LogP contribution is -2.03. The minimum atomic E-state index is -0.583. The third kappa shape index (κ3) is 3.03. The molecule has 0 bridgehead atoms. The van der Waals surface area contributed by atoms with Gasteiger partial charge in [0.1, 0.15) is 17.3 Å². The van der Waals surface area contributed by atoms with Gasteiger partial charge in [-0.25, -0.2) is 8.78 Å². The van der Waals surface area contributed by atoms with E-state index in [0.29, 0.717) is 6.54 Å². The first-order valence-corrected chi connectivity index (χ1v) is 5.88. The fourth-order valence-corrected chi connectivity index (χ4v) is 1.95. The summed E-state index contributed by atoms with van der Waals surface area (Å²) < 4.78 is 27.6. The van der Waals surface area contributed by atoms with E-state index in [9.17, 15) is 8.78 Å². The fraction of sp³-hybridized carbons (Fsp3) is 0.0769. The normalized spacial score (nSPS) is 10.3. The highest BCUT2D eigenvalue weighted by Crippen LogP contribution is 2.19. The molecule has 0 fully saturated rings. The predicted octanol–water partition coefficient (Wildman–Crippen LogP) is 4.34. The Labute approximate surface area is 107 Å². The molecule has 1 nitrogen and oxygen atoms in total. The van der Waals surface area contributed by atoms with Gasteiger partial charge in [0.15, 0.2) is 0 Å². The second-order valence-electron chi connectivity index (χ2n) is 3.58. The third-order valence-electron chi connectivity index (χ3n) is 2.32. The van der Waals surface area contributed by atoms with E-state index in [0.717, 1.165) is 10.0 Å². The van der Waals surface area contributed by atoms with Crippen LogP contribution in [-0.4, -0.2) is 0 Å². The van der Waals surface area contributed by atoms with Crippen molar-refractivity contribution < 1.29 is 8.78 Å². The van der Waals surface area contributed by atoms with Crippen LogP contribution in [-0.2, 0) is 6.54 Å². The average Bonchev–Trinajstić information content (AvgIpc) is 2.28. The molecule has 2 rings (SSSR count). The summed E-state index contributed by atoms with van der Waals surface area (Å²) in [6, 6.07) is 11.3. The van der Waals surface area contributed by atoms with Crippen molar-refractivity contribution in [1.29, 1.82) is 0 Å². The van der Waals surface area contributed by atoms with Crippen molar-refractivity contribution in [3.8, 4) is 0 Å². The highest BCUT2D eigenvalue weighted by molar-refractivity contribution is 9.10. The van der Waals surface area contributed by atoms with Gasteiger partial charge in [-0.15, -0.1) is 0 Å². The predicted molar refractivity (Wildman–Crippen MR) is 67.8 cm³/mol. The summed E-state index contributed by atoms with van der Waals surface area (Å²) in [5.74, 6) is -1.17. The summed E-state index contributed by atoms with van der Waals surface area (Å²) in [5, 5.41) is 2.75. The molecular formula is C13H10BrF2N. The molecule has 4 heteroatoms. The second-order valence-corrected chi connectivity index (χ2v) is 4.50. The number of nitrogens with one attached hydrogen (secondary N) is 1. The van der Waals surface area contributed by atoms with Crippen molar-refractivity contribution in [3.05, 3.63) is 64.1 Å². The van der Waals surface area contributed by atoms with E-state index >= 15 is 0 Å². The van der Waals surface area contributed by atoms with Crippen LogP contribution in [0.1, 0.15) is 5.56 Å². The van der Waals surface area contributed by atoms with Gasteiger partial charge in [0.25, 0.3) is 0 Å². The molecule has 88 valence electrons. The van der Waals surface area contributed by atoms with Gasteiger partial charge in [-0.1, -0.05) is 34.1 Å². The van der Waals surface area contributed by atoms with Gasteiger partial charge < -0.3 is 5.32 Å². The smallest absolute Gasteiger partial charge is 0.149 e. The van der Waals surface area contributed by atoms with Crippen molar-refractivity contribution in [2.24, 2.45) is 0 Å². The molecule has 1 N–H and O–H groups in total. The minimum absolute atomic E-state index is 0.0903. The molecular weight excluding hydrogens is 288 g/mol. The average molecular weight is 298 g/mol. The SMILES string of the molecule is Fc1cccc(F)c1NCc1cccc(Br)c1. The zero-order chi connectivity index (χ0) is 12.3. The molecule has 0 aliphatic heterocycles. The largest absolute Gasteiger partial charge is 0.376 e. The topological polar surface area (TPSA) is 12.0 Å². The summed E-state index contributed by atoms with van der Waals surface area (Å²) >= 11 is 3.34. The molecule has 0 heterocycles. The van der Waals surface area contributed by atoms with E-state index in [1.165, 1.54) is 18.2 Å². The van der Waals surface area contributed by atoms with Gasteiger partial charge >= 0.3 is 0 Å². The van der Waals surface area contributed by atoms with Crippen molar-refractivity contribution in [2.75, 3.05) is 5.32 Å². The Hall–Kier alpha value is -1.42. The first kappa shape index (κ1) is 12.0. The Morgan fingerprint density at radius 1 is 1.00 bits per heavy atom. The lowest BCUT2D eigenvalue weighted by Gasteiger charge is -2.08. The Balaban J connectivity index is 2.13. The molecule has 0 aliphatic carbocycles. The zero-order valence-electron chi connectivity index (χ0n) is 8.88. The standard InChI is InChI=1S/C13H10BrF2N/c14-10-4-1-3-9(7-10)8-17-13-11(15)5-2-6-12(13)16/h1-7,17H,8H2. The highest BCUT2D eigenvalue weighted by Gasteiger charge is 2.07. The van der Waals surface area contributed by atoms with Crippen LogP contribution in [0.5, 0.6) is 0 Å². The number of anilines is 1. The molecule has 0 aromatic heterocycles. The molecule has 2 aromatic rings. The Morgan fingerprint density at radius 2 is 1.65 bits per heavy atom. The molecule has 0 saturated heterocycles. The Bertz CT molecular complexity index is 508. The molecule has 0 atom stereocenters. The van der Waals surface area contributed by atoms with Gasteiger partial charge in [0.05, 0.1) is 0 Å². The zero-order valence-corrected chi connectivity index (χ0v) is 10.5. The molecule has 2 aromatic carbocycles. The van der Waals surface area contributed by atoms with Gasteiger partial charge in [0.2, 0.25) is 0 Å². The maximum Gasteiger partial charge on any atom is 0.149 e. The van der Waals surface area contributed by atoms with E-state index in [2.05, 4.69) is 21.2 Å². The number of hydrogen-bond donors (Lipinski definition) is 1. The van der Waals surface area contributed by atoms with E-state index in [1.807, 2.05) is 24.3 Å². The number of hydrogen-bond acceptors (Lipinski definition) is 1. The summed E-state index contributed by atoms with van der Waals surface area (Å²) in [7, 11) is 0. The van der Waals surface area contributed by atoms with Crippen molar-refractivity contribution in [2.45, 2.75) is 6.54 Å². The van der Waals surface area contributed by atoms with Gasteiger partial charge in [0, 0.05) is 11.0 Å². The van der Waals surface area contributed by atoms with Gasteiger partial charge in [-0.3, -0.25) is 0 Å². The molecule has 0 aliphatic rings. The lowest BCUT2D eigenvalue weighted by molar-refractivity contribution is 0.588. The lowest BCUT2D eigenvalue weighted by atomic mass is 10.2. The van der Waals surface area contributed by atoms with Crippen LogP contribution in [0.2, 0.25) is 0 Å². The first-order valence-electron chi connectivity index (χ1n) is 5.09. The Morgan fingerprint density at radius 3 is 2.29 bits per heavy atom. The molecule has 0 radical (unpaired) electrons. The number of halogens is 3. The summed E-state index contributed by atoms with van der Waals surface area (Å²) in [5.41, 5.74) is 0.856. The van der Waals surface area contributed by atoms with Crippen LogP contribution in [0.25, 0.3) is 0 Å². The van der Waals surface area contributed by atoms with Crippen molar-refractivity contribution >= 4 is 21.6 Å². The van der Waals surface area contributed by atoms with Crippen LogP contribution in [0, 0.1) is 11.6 Å². The van der Waals surface area contributed by atoms with Crippen LogP contribution in [0.15, 0.2) is 46.9 Å². The Kier molecular flexibility index (Phi) is 3.74. The highest BCUT2D eigenvalue weighted by atomic mass is 79.9. The number of benzene rings is 2. The van der Waals surface area contributed by atoms with E-state index in [4.69, 9.17) is 0 Å². The number of rotatable bonds is 3. The van der Waals surface area contributed by atoms with E-state index < -0.39 is 11.6 Å². The van der Waals surface area contributed by atoms with Crippen LogP contribution in [0.4, 0.5) is 14.5 Å². The number of para-hydroxylation sites is 1. The van der Waals surface area contributed by atoms with E-state index in [1.54, 1.807) is 0 Å². The summed E-state index contributed by atoms with van der Waals surface area (Å²) in [6.07, 6.45) is 0. The second kappa shape index (κ2) is 5.27. The molecule has 0 spiro atoms. The van der Waals surface area contributed by atoms with Gasteiger partial charge in [-0.2, -0.15) is 0 Å². The minimum Gasteiger partial charge on any atom is -0.376 e. The maximum absolute atomic E-state index is 13.3. The van der Waals surface area contributed by atoms with Gasteiger partial charge in [-0.05, 0) is 29.8 Å². The molecule has 17 heavy (non-hydrogen) atoms. The molecule has 0 amide bonds. The van der Waals surface area contributed by atoms with Crippen LogP contribution in [0.3, 0.4) is 0 Å². The quantitative estimate of drug-likeness (QED) is 0.889. The summed E-state index contributed by atoms with van der Waals surface area (Å²) in [6.45, 7) is 0.372. The summed E-state index contributed by atoms with van der Waals surface area (Å²) in [4.78, 5) is 0. The van der Waals surface area contributed by atoms with E-state index in [-0.39, 0.29) is 5.69 Å². The third-order valence-corrected chi connectivity index (χ3v) is 2.81. The van der Waals surface area contributed by atoms with Crippen molar-refractivity contribution in [1.82, 2.24) is 0 Å². The monoisotopic (exact) mass is 297 g/mol. The van der Waals surface area contributed by atoms with Crippen molar-refractivity contribution in [3.63, 3.8) is 0 Å². The first-order chi connectivity index (χ1) is 8.16.